The van der Waals surface area contributed by atoms with Crippen LogP contribution in [0.3, 0.4) is 0 Å². The average molecular weight is 272 g/mol. The first-order valence-electron chi connectivity index (χ1n) is 7.52. The molecule has 0 spiro atoms. The monoisotopic (exact) mass is 272 g/mol. The van der Waals surface area contributed by atoms with Crippen molar-refractivity contribution in [3.63, 3.8) is 0 Å². The third kappa shape index (κ3) is 4.24. The molecule has 2 aromatic carbocycles. The van der Waals surface area contributed by atoms with Gasteiger partial charge in [-0.15, -0.1) is 0 Å². The minimum Gasteiger partial charge on any atom is -0.508 e. The number of phenols is 1. The molecule has 2 aromatic rings. The summed E-state index contributed by atoms with van der Waals surface area (Å²) in [5.41, 5.74) is 1.35. The number of rotatable bonds is 7. The highest BCUT2D eigenvalue weighted by atomic mass is 16.5. The molecule has 0 saturated carbocycles. The molecule has 0 aliphatic heterocycles. The Labute approximate surface area is 121 Å². The zero-order valence-electron chi connectivity index (χ0n) is 12.4. The molecular weight excluding hydrogens is 248 g/mol. The maximum atomic E-state index is 9.46. The molecule has 0 fully saturated rings. The van der Waals surface area contributed by atoms with E-state index >= 15 is 0 Å². The van der Waals surface area contributed by atoms with Crippen LogP contribution in [0.25, 0.3) is 10.8 Å². The van der Waals surface area contributed by atoms with Crippen molar-refractivity contribution in [2.75, 3.05) is 6.61 Å². The molecule has 1 atom stereocenters. The van der Waals surface area contributed by atoms with Crippen molar-refractivity contribution in [3.05, 3.63) is 42.0 Å². The van der Waals surface area contributed by atoms with Gasteiger partial charge in [0, 0.05) is 6.61 Å². The van der Waals surface area contributed by atoms with E-state index in [9.17, 15) is 5.11 Å². The first kappa shape index (κ1) is 14.9. The summed E-state index contributed by atoms with van der Waals surface area (Å²) in [7, 11) is 0. The Morgan fingerprint density at radius 2 is 1.85 bits per heavy atom. The van der Waals surface area contributed by atoms with Gasteiger partial charge in [-0.05, 0) is 61.1 Å². The molecule has 20 heavy (non-hydrogen) atoms. The Morgan fingerprint density at radius 3 is 2.65 bits per heavy atom. The number of aromatic hydroxyl groups is 1. The van der Waals surface area contributed by atoms with Crippen LogP contribution >= 0.6 is 0 Å². The molecule has 1 N–H and O–H groups in total. The van der Waals surface area contributed by atoms with E-state index in [1.165, 1.54) is 10.9 Å². The van der Waals surface area contributed by atoms with Crippen LogP contribution in [-0.2, 0) is 11.2 Å². The normalized spacial score (nSPS) is 12.7. The molecular formula is C18H24O2. The van der Waals surface area contributed by atoms with Crippen LogP contribution < -0.4 is 0 Å². The Kier molecular flexibility index (Phi) is 5.42. The smallest absolute Gasteiger partial charge is 0.116 e. The summed E-state index contributed by atoms with van der Waals surface area (Å²) in [6.45, 7) is 5.15. The van der Waals surface area contributed by atoms with E-state index in [1.807, 2.05) is 6.07 Å². The highest BCUT2D eigenvalue weighted by Crippen LogP contribution is 2.22. The van der Waals surface area contributed by atoms with Gasteiger partial charge in [0.25, 0.3) is 0 Å². The quantitative estimate of drug-likeness (QED) is 0.792. The lowest BCUT2D eigenvalue weighted by Crippen LogP contribution is -2.09. The first-order valence-corrected chi connectivity index (χ1v) is 7.52. The lowest BCUT2D eigenvalue weighted by atomic mass is 10.0. The lowest BCUT2D eigenvalue weighted by molar-refractivity contribution is 0.0595. The molecule has 0 aliphatic carbocycles. The molecule has 2 heteroatoms. The van der Waals surface area contributed by atoms with Crippen LogP contribution in [0.2, 0.25) is 0 Å². The maximum Gasteiger partial charge on any atom is 0.116 e. The number of benzene rings is 2. The van der Waals surface area contributed by atoms with Crippen molar-refractivity contribution in [2.45, 2.75) is 45.6 Å². The van der Waals surface area contributed by atoms with Crippen LogP contribution in [0.5, 0.6) is 5.75 Å². The second kappa shape index (κ2) is 7.30. The summed E-state index contributed by atoms with van der Waals surface area (Å²) in [5.74, 6) is 0.326. The summed E-state index contributed by atoms with van der Waals surface area (Å²) in [4.78, 5) is 0. The zero-order valence-corrected chi connectivity index (χ0v) is 12.4. The van der Waals surface area contributed by atoms with Gasteiger partial charge in [-0.2, -0.15) is 0 Å². The molecule has 0 bridgehead atoms. The van der Waals surface area contributed by atoms with Gasteiger partial charge < -0.3 is 9.84 Å². The SMILES string of the molecule is CCCOC(C)CCCc1ccc2cc(O)ccc2c1. The summed E-state index contributed by atoms with van der Waals surface area (Å²) in [5, 5.41) is 11.7. The molecule has 2 nitrogen and oxygen atoms in total. The summed E-state index contributed by atoms with van der Waals surface area (Å²) >= 11 is 0. The molecule has 0 aromatic heterocycles. The minimum atomic E-state index is 0.326. The molecule has 0 heterocycles. The summed E-state index contributed by atoms with van der Waals surface area (Å²) < 4.78 is 5.68. The zero-order chi connectivity index (χ0) is 14.4. The fourth-order valence-corrected chi connectivity index (χ4v) is 2.43. The fourth-order valence-electron chi connectivity index (χ4n) is 2.43. The number of hydrogen-bond donors (Lipinski definition) is 1. The van der Waals surface area contributed by atoms with Crippen molar-refractivity contribution in [1.29, 1.82) is 0 Å². The van der Waals surface area contributed by atoms with Gasteiger partial charge in [0.2, 0.25) is 0 Å². The van der Waals surface area contributed by atoms with E-state index in [0.29, 0.717) is 11.9 Å². The maximum absolute atomic E-state index is 9.46. The van der Waals surface area contributed by atoms with E-state index < -0.39 is 0 Å². The highest BCUT2D eigenvalue weighted by molar-refractivity contribution is 5.84. The Morgan fingerprint density at radius 1 is 1.10 bits per heavy atom. The molecule has 0 aliphatic rings. The second-order valence-electron chi connectivity index (χ2n) is 5.44. The first-order chi connectivity index (χ1) is 9.69. The molecule has 0 radical (unpaired) electrons. The average Bonchev–Trinajstić information content (AvgIpc) is 2.45. The van der Waals surface area contributed by atoms with Crippen LogP contribution in [-0.4, -0.2) is 17.8 Å². The van der Waals surface area contributed by atoms with Crippen molar-refractivity contribution in [1.82, 2.24) is 0 Å². The van der Waals surface area contributed by atoms with Gasteiger partial charge in [-0.25, -0.2) is 0 Å². The fraction of sp³-hybridized carbons (Fsp3) is 0.444. The number of phenolic OH excluding ortho intramolecular Hbond substituents is 1. The number of ether oxygens (including phenoxy) is 1. The summed E-state index contributed by atoms with van der Waals surface area (Å²) in [6.07, 6.45) is 4.77. The van der Waals surface area contributed by atoms with E-state index in [4.69, 9.17) is 4.74 Å². The number of hydrogen-bond acceptors (Lipinski definition) is 2. The van der Waals surface area contributed by atoms with E-state index in [0.717, 1.165) is 37.7 Å². The molecule has 108 valence electrons. The third-order valence-electron chi connectivity index (χ3n) is 3.57. The lowest BCUT2D eigenvalue weighted by Gasteiger charge is -2.12. The van der Waals surface area contributed by atoms with E-state index in [-0.39, 0.29) is 0 Å². The van der Waals surface area contributed by atoms with Gasteiger partial charge in [-0.3, -0.25) is 0 Å². The second-order valence-corrected chi connectivity index (χ2v) is 5.44. The molecule has 2 rings (SSSR count). The van der Waals surface area contributed by atoms with Crippen molar-refractivity contribution in [2.24, 2.45) is 0 Å². The predicted octanol–water partition coefficient (Wildman–Crippen LogP) is 4.68. The molecule has 0 saturated heterocycles. The predicted molar refractivity (Wildman–Crippen MR) is 84.3 cm³/mol. The van der Waals surface area contributed by atoms with E-state index in [2.05, 4.69) is 32.0 Å². The van der Waals surface area contributed by atoms with Crippen molar-refractivity contribution in [3.8, 4) is 5.75 Å². The largest absolute Gasteiger partial charge is 0.508 e. The van der Waals surface area contributed by atoms with Crippen molar-refractivity contribution >= 4 is 10.8 Å². The topological polar surface area (TPSA) is 29.5 Å². The van der Waals surface area contributed by atoms with Crippen molar-refractivity contribution < 1.29 is 9.84 Å². The van der Waals surface area contributed by atoms with Gasteiger partial charge >= 0.3 is 0 Å². The van der Waals surface area contributed by atoms with Crippen LogP contribution in [0.15, 0.2) is 36.4 Å². The van der Waals surface area contributed by atoms with Crippen LogP contribution in [0, 0.1) is 0 Å². The Bertz CT molecular complexity index is 548. The summed E-state index contributed by atoms with van der Waals surface area (Å²) in [6, 6.07) is 12.0. The number of aryl methyl sites for hydroxylation is 1. The van der Waals surface area contributed by atoms with E-state index in [1.54, 1.807) is 12.1 Å². The Hall–Kier alpha value is -1.54. The van der Waals surface area contributed by atoms with Crippen LogP contribution in [0.4, 0.5) is 0 Å². The number of fused-ring (bicyclic) bond motifs is 1. The standard InChI is InChI=1S/C18H24O2/c1-3-11-20-14(2)5-4-6-15-7-8-17-13-18(19)10-9-16(17)12-15/h7-10,12-14,19H,3-6,11H2,1-2H3. The van der Waals surface area contributed by atoms with Gasteiger partial charge in [0.1, 0.15) is 5.75 Å². The van der Waals surface area contributed by atoms with Gasteiger partial charge in [-0.1, -0.05) is 31.2 Å². The molecule has 1 unspecified atom stereocenters. The minimum absolute atomic E-state index is 0.326. The van der Waals surface area contributed by atoms with Gasteiger partial charge in [0.05, 0.1) is 6.10 Å². The van der Waals surface area contributed by atoms with Gasteiger partial charge in [0.15, 0.2) is 0 Å². The Balaban J connectivity index is 1.88. The van der Waals surface area contributed by atoms with Crippen LogP contribution in [0.1, 0.15) is 38.7 Å². The highest BCUT2D eigenvalue weighted by Gasteiger charge is 2.03. The third-order valence-corrected chi connectivity index (χ3v) is 3.57. The molecule has 0 amide bonds.